The van der Waals surface area contributed by atoms with Crippen molar-refractivity contribution in [2.45, 2.75) is 32.1 Å². The Hall–Kier alpha value is -2.38. The number of benzene rings is 2. The molecule has 2 aromatic rings. The SMILES string of the molecule is CCS(=O)(=O)N1CCC(C(=O)NCCOc2ccc(C)cc2)(c2ccccc2)CC1. The van der Waals surface area contributed by atoms with Crippen LogP contribution >= 0.6 is 0 Å². The summed E-state index contributed by atoms with van der Waals surface area (Å²) in [5, 5.41) is 3.01. The second-order valence-corrected chi connectivity index (χ2v) is 9.92. The van der Waals surface area contributed by atoms with Crippen LogP contribution in [0.4, 0.5) is 0 Å². The second-order valence-electron chi connectivity index (χ2n) is 7.67. The van der Waals surface area contributed by atoms with Gasteiger partial charge in [-0.25, -0.2) is 12.7 Å². The molecule has 0 atom stereocenters. The fourth-order valence-corrected chi connectivity index (χ4v) is 4.97. The normalized spacial score (nSPS) is 16.7. The van der Waals surface area contributed by atoms with Crippen molar-refractivity contribution in [2.24, 2.45) is 0 Å². The van der Waals surface area contributed by atoms with Gasteiger partial charge in [-0.15, -0.1) is 0 Å². The van der Waals surface area contributed by atoms with Gasteiger partial charge in [0.1, 0.15) is 12.4 Å². The number of aryl methyl sites for hydroxylation is 1. The third-order valence-electron chi connectivity index (χ3n) is 5.77. The zero-order valence-electron chi connectivity index (χ0n) is 17.6. The molecule has 0 saturated carbocycles. The highest BCUT2D eigenvalue weighted by Gasteiger charge is 2.44. The van der Waals surface area contributed by atoms with E-state index in [-0.39, 0.29) is 11.7 Å². The molecule has 1 N–H and O–H groups in total. The van der Waals surface area contributed by atoms with E-state index >= 15 is 0 Å². The van der Waals surface area contributed by atoms with Crippen molar-refractivity contribution >= 4 is 15.9 Å². The lowest BCUT2D eigenvalue weighted by molar-refractivity contribution is -0.128. The van der Waals surface area contributed by atoms with E-state index in [4.69, 9.17) is 4.74 Å². The average molecular weight is 431 g/mol. The van der Waals surface area contributed by atoms with E-state index in [2.05, 4.69) is 5.32 Å². The number of piperidine rings is 1. The number of amides is 1. The lowest BCUT2D eigenvalue weighted by atomic mass is 9.72. The zero-order chi connectivity index (χ0) is 21.6. The van der Waals surface area contributed by atoms with Crippen molar-refractivity contribution < 1.29 is 17.9 Å². The minimum atomic E-state index is -3.25. The maximum atomic E-state index is 13.3. The van der Waals surface area contributed by atoms with Gasteiger partial charge >= 0.3 is 0 Å². The predicted octanol–water partition coefficient (Wildman–Crippen LogP) is 2.87. The van der Waals surface area contributed by atoms with Crippen LogP contribution in [0.5, 0.6) is 5.75 Å². The highest BCUT2D eigenvalue weighted by molar-refractivity contribution is 7.89. The molecule has 1 heterocycles. The quantitative estimate of drug-likeness (QED) is 0.654. The zero-order valence-corrected chi connectivity index (χ0v) is 18.5. The Balaban J connectivity index is 1.66. The van der Waals surface area contributed by atoms with E-state index in [1.807, 2.05) is 61.5 Å². The highest BCUT2D eigenvalue weighted by atomic mass is 32.2. The number of hydrogen-bond acceptors (Lipinski definition) is 4. The second kappa shape index (κ2) is 9.62. The molecule has 0 radical (unpaired) electrons. The predicted molar refractivity (Wildman–Crippen MR) is 118 cm³/mol. The molecule has 162 valence electrons. The van der Waals surface area contributed by atoms with Gasteiger partial charge < -0.3 is 10.1 Å². The summed E-state index contributed by atoms with van der Waals surface area (Å²) < 4.78 is 31.7. The maximum Gasteiger partial charge on any atom is 0.230 e. The molecule has 0 spiro atoms. The monoisotopic (exact) mass is 430 g/mol. The van der Waals surface area contributed by atoms with Crippen LogP contribution in [0.25, 0.3) is 0 Å². The molecule has 0 unspecified atom stereocenters. The van der Waals surface area contributed by atoms with Gasteiger partial charge in [0.2, 0.25) is 15.9 Å². The number of rotatable bonds is 8. The number of hydrogen-bond donors (Lipinski definition) is 1. The largest absolute Gasteiger partial charge is 0.492 e. The fraction of sp³-hybridized carbons (Fsp3) is 0.435. The van der Waals surface area contributed by atoms with Gasteiger partial charge in [-0.2, -0.15) is 0 Å². The summed E-state index contributed by atoms with van der Waals surface area (Å²) in [6.07, 6.45) is 0.918. The first-order valence-electron chi connectivity index (χ1n) is 10.4. The summed E-state index contributed by atoms with van der Waals surface area (Å²) in [6, 6.07) is 17.4. The molecule has 1 aliphatic rings. The highest BCUT2D eigenvalue weighted by Crippen LogP contribution is 2.36. The maximum absolute atomic E-state index is 13.3. The standard InChI is InChI=1S/C23H30N2O4S/c1-3-30(27,28)25-16-13-23(14-17-25,20-7-5-4-6-8-20)22(26)24-15-18-29-21-11-9-19(2)10-12-21/h4-12H,3,13-18H2,1-2H3,(H,24,26). The van der Waals surface area contributed by atoms with E-state index in [9.17, 15) is 13.2 Å². The van der Waals surface area contributed by atoms with E-state index in [1.54, 1.807) is 6.92 Å². The molecule has 1 aliphatic heterocycles. The molecule has 6 nitrogen and oxygen atoms in total. The number of sulfonamides is 1. The third kappa shape index (κ3) is 5.02. The first kappa shape index (κ1) is 22.3. The number of carbonyl (C=O) groups excluding carboxylic acids is 1. The van der Waals surface area contributed by atoms with Gasteiger partial charge in [-0.1, -0.05) is 48.0 Å². The molecular formula is C23H30N2O4S. The van der Waals surface area contributed by atoms with Gasteiger partial charge in [0.15, 0.2) is 0 Å². The molecule has 0 aliphatic carbocycles. The number of carbonyl (C=O) groups is 1. The third-order valence-corrected chi connectivity index (χ3v) is 7.65. The molecule has 1 amide bonds. The first-order chi connectivity index (χ1) is 14.4. The Bertz CT molecular complexity index is 935. The molecule has 1 fully saturated rings. The number of nitrogens with one attached hydrogen (secondary N) is 1. The van der Waals surface area contributed by atoms with Crippen LogP contribution in [0.1, 0.15) is 30.9 Å². The molecule has 0 bridgehead atoms. The summed E-state index contributed by atoms with van der Waals surface area (Å²) >= 11 is 0. The van der Waals surface area contributed by atoms with Gasteiger partial charge in [0, 0.05) is 13.1 Å². The average Bonchev–Trinajstić information content (AvgIpc) is 2.78. The molecule has 7 heteroatoms. The van der Waals surface area contributed by atoms with Gasteiger partial charge in [0.05, 0.1) is 17.7 Å². The molecule has 2 aromatic carbocycles. The Morgan fingerprint density at radius 3 is 2.30 bits per heavy atom. The van der Waals surface area contributed by atoms with E-state index < -0.39 is 15.4 Å². The van der Waals surface area contributed by atoms with Crippen molar-refractivity contribution in [2.75, 3.05) is 32.0 Å². The lowest BCUT2D eigenvalue weighted by Gasteiger charge is -2.40. The van der Waals surface area contributed by atoms with Gasteiger partial charge in [-0.05, 0) is 44.4 Å². The lowest BCUT2D eigenvalue weighted by Crippen LogP contribution is -2.53. The van der Waals surface area contributed by atoms with Crippen LogP contribution in [-0.2, 0) is 20.2 Å². The van der Waals surface area contributed by atoms with Crippen LogP contribution < -0.4 is 10.1 Å². The van der Waals surface area contributed by atoms with Crippen molar-refractivity contribution in [1.29, 1.82) is 0 Å². The van der Waals surface area contributed by atoms with Crippen LogP contribution in [0.15, 0.2) is 54.6 Å². The van der Waals surface area contributed by atoms with Crippen molar-refractivity contribution in [3.05, 3.63) is 65.7 Å². The van der Waals surface area contributed by atoms with Crippen LogP contribution in [0, 0.1) is 6.92 Å². The van der Waals surface area contributed by atoms with E-state index in [0.29, 0.717) is 39.1 Å². The Morgan fingerprint density at radius 2 is 1.70 bits per heavy atom. The summed E-state index contributed by atoms with van der Waals surface area (Å²) in [6.45, 7) is 5.12. The van der Waals surface area contributed by atoms with Crippen molar-refractivity contribution in [3.8, 4) is 5.75 Å². The Kier molecular flexibility index (Phi) is 7.15. The molecule has 1 saturated heterocycles. The van der Waals surface area contributed by atoms with Crippen LogP contribution in [0.2, 0.25) is 0 Å². The number of nitrogens with zero attached hydrogens (tertiary/aromatic N) is 1. The topological polar surface area (TPSA) is 75.7 Å². The Labute approximate surface area is 179 Å². The molecule has 0 aromatic heterocycles. The number of ether oxygens (including phenoxy) is 1. The summed E-state index contributed by atoms with van der Waals surface area (Å²) in [7, 11) is -3.25. The fourth-order valence-electron chi connectivity index (χ4n) is 3.87. The molecule has 30 heavy (non-hydrogen) atoms. The summed E-state index contributed by atoms with van der Waals surface area (Å²) in [4.78, 5) is 13.3. The van der Waals surface area contributed by atoms with Gasteiger partial charge in [-0.3, -0.25) is 4.79 Å². The minimum absolute atomic E-state index is 0.0743. The first-order valence-corrected chi connectivity index (χ1v) is 12.0. The van der Waals surface area contributed by atoms with Crippen molar-refractivity contribution in [3.63, 3.8) is 0 Å². The Morgan fingerprint density at radius 1 is 1.07 bits per heavy atom. The van der Waals surface area contributed by atoms with E-state index in [0.717, 1.165) is 16.9 Å². The van der Waals surface area contributed by atoms with Gasteiger partial charge in [0.25, 0.3) is 0 Å². The van der Waals surface area contributed by atoms with E-state index in [1.165, 1.54) is 4.31 Å². The van der Waals surface area contributed by atoms with Crippen LogP contribution in [-0.4, -0.2) is 50.6 Å². The minimum Gasteiger partial charge on any atom is -0.492 e. The van der Waals surface area contributed by atoms with Crippen LogP contribution in [0.3, 0.4) is 0 Å². The molecular weight excluding hydrogens is 400 g/mol. The smallest absolute Gasteiger partial charge is 0.230 e. The van der Waals surface area contributed by atoms with Crippen molar-refractivity contribution in [1.82, 2.24) is 9.62 Å². The summed E-state index contributed by atoms with van der Waals surface area (Å²) in [5.74, 6) is 0.772. The summed E-state index contributed by atoms with van der Waals surface area (Å²) in [5.41, 5.74) is 1.36. The molecule has 3 rings (SSSR count).